The van der Waals surface area contributed by atoms with Crippen LogP contribution in [0.15, 0.2) is 22.7 Å². The molecule has 0 spiro atoms. The van der Waals surface area contributed by atoms with Crippen LogP contribution >= 0.6 is 15.9 Å². The number of sulfonamides is 1. The molecule has 1 aromatic carbocycles. The maximum atomic E-state index is 12.7. The van der Waals surface area contributed by atoms with Crippen molar-refractivity contribution in [1.82, 2.24) is 0 Å². The molecule has 0 saturated carbocycles. The lowest BCUT2D eigenvalue weighted by atomic mass is 10.2. The fourth-order valence-corrected chi connectivity index (χ4v) is 2.50. The van der Waals surface area contributed by atoms with Gasteiger partial charge in [-0.05, 0) is 18.2 Å². The summed E-state index contributed by atoms with van der Waals surface area (Å²) in [6.07, 6.45) is -4.65. The molecule has 1 aromatic rings. The van der Waals surface area contributed by atoms with Gasteiger partial charge in [-0.2, -0.15) is 13.2 Å². The van der Waals surface area contributed by atoms with Gasteiger partial charge in [0.25, 0.3) is 0 Å². The Kier molecular flexibility index (Phi) is 4.62. The molecule has 0 unspecified atom stereocenters. The molecule has 0 fully saturated rings. The van der Waals surface area contributed by atoms with Gasteiger partial charge in [-0.3, -0.25) is 4.72 Å². The molecule has 0 aliphatic heterocycles. The lowest BCUT2D eigenvalue weighted by Crippen LogP contribution is -2.24. The van der Waals surface area contributed by atoms with Gasteiger partial charge in [-0.25, -0.2) is 8.42 Å². The SMILES string of the molecule is NCCS(=O)(=O)Nc1ccc(Br)cc1C(F)(F)F. The fourth-order valence-electron chi connectivity index (χ4n) is 1.21. The fraction of sp³-hybridized carbons (Fsp3) is 0.333. The number of hydrogen-bond acceptors (Lipinski definition) is 3. The summed E-state index contributed by atoms with van der Waals surface area (Å²) in [6.45, 7) is -0.173. The van der Waals surface area contributed by atoms with Crippen LogP contribution in [0.2, 0.25) is 0 Å². The van der Waals surface area contributed by atoms with Gasteiger partial charge < -0.3 is 5.73 Å². The van der Waals surface area contributed by atoms with Crippen LogP contribution in [0.25, 0.3) is 0 Å². The number of anilines is 1. The average molecular weight is 347 g/mol. The van der Waals surface area contributed by atoms with Crippen LogP contribution in [0.1, 0.15) is 5.56 Å². The largest absolute Gasteiger partial charge is 0.418 e. The summed E-state index contributed by atoms with van der Waals surface area (Å²) >= 11 is 2.90. The second kappa shape index (κ2) is 5.45. The second-order valence-corrected chi connectivity index (χ2v) is 6.15. The lowest BCUT2D eigenvalue weighted by molar-refractivity contribution is -0.136. The van der Waals surface area contributed by atoms with E-state index in [0.29, 0.717) is 0 Å². The monoisotopic (exact) mass is 346 g/mol. The normalized spacial score (nSPS) is 12.5. The van der Waals surface area contributed by atoms with Gasteiger partial charge in [-0.15, -0.1) is 0 Å². The molecule has 3 N–H and O–H groups in total. The molecule has 4 nitrogen and oxygen atoms in total. The minimum Gasteiger partial charge on any atom is -0.329 e. The van der Waals surface area contributed by atoms with Gasteiger partial charge in [0.1, 0.15) is 0 Å². The van der Waals surface area contributed by atoms with Gasteiger partial charge in [0.15, 0.2) is 0 Å². The van der Waals surface area contributed by atoms with Crippen LogP contribution < -0.4 is 10.5 Å². The summed E-state index contributed by atoms with van der Waals surface area (Å²) in [4.78, 5) is 0. The summed E-state index contributed by atoms with van der Waals surface area (Å²) in [6, 6.07) is 3.16. The molecule has 0 bridgehead atoms. The van der Waals surface area contributed by atoms with Gasteiger partial charge in [0.05, 0.1) is 17.0 Å². The van der Waals surface area contributed by atoms with Crippen LogP contribution in [-0.2, 0) is 16.2 Å². The van der Waals surface area contributed by atoms with E-state index in [2.05, 4.69) is 15.9 Å². The van der Waals surface area contributed by atoms with E-state index in [-0.39, 0.29) is 11.0 Å². The first-order valence-electron chi connectivity index (χ1n) is 4.73. The Hall–Kier alpha value is -0.800. The van der Waals surface area contributed by atoms with E-state index >= 15 is 0 Å². The molecule has 0 radical (unpaired) electrons. The molecular formula is C9H10BrF3N2O2S. The minimum atomic E-state index is -4.65. The number of halogens is 4. The third-order valence-electron chi connectivity index (χ3n) is 1.94. The molecule has 0 atom stereocenters. The zero-order chi connectivity index (χ0) is 14.0. The van der Waals surface area contributed by atoms with Crippen molar-refractivity contribution in [1.29, 1.82) is 0 Å². The number of alkyl halides is 3. The number of benzene rings is 1. The van der Waals surface area contributed by atoms with Crippen molar-refractivity contribution in [2.45, 2.75) is 6.18 Å². The Labute approximate surface area is 111 Å². The quantitative estimate of drug-likeness (QED) is 0.877. The minimum absolute atomic E-state index is 0.173. The number of hydrogen-bond donors (Lipinski definition) is 2. The van der Waals surface area contributed by atoms with Crippen molar-refractivity contribution in [3.8, 4) is 0 Å². The highest BCUT2D eigenvalue weighted by atomic mass is 79.9. The molecule has 0 amide bonds. The summed E-state index contributed by atoms with van der Waals surface area (Å²) in [5.41, 5.74) is 3.49. The molecule has 0 aromatic heterocycles. The van der Waals surface area contributed by atoms with E-state index in [4.69, 9.17) is 5.73 Å². The van der Waals surface area contributed by atoms with Crippen LogP contribution in [0.3, 0.4) is 0 Å². The summed E-state index contributed by atoms with van der Waals surface area (Å²) in [5.74, 6) is -0.444. The smallest absolute Gasteiger partial charge is 0.329 e. The summed E-state index contributed by atoms with van der Waals surface area (Å²) < 4.78 is 63.0. The molecule has 18 heavy (non-hydrogen) atoms. The number of nitrogens with two attached hydrogens (primary N) is 1. The van der Waals surface area contributed by atoms with E-state index in [9.17, 15) is 21.6 Å². The van der Waals surface area contributed by atoms with Gasteiger partial charge in [0, 0.05) is 11.0 Å². The van der Waals surface area contributed by atoms with Gasteiger partial charge >= 0.3 is 6.18 Å². The van der Waals surface area contributed by atoms with Gasteiger partial charge in [0.2, 0.25) is 10.0 Å². The Morgan fingerprint density at radius 2 is 1.94 bits per heavy atom. The predicted molar refractivity (Wildman–Crippen MR) is 65.6 cm³/mol. The lowest BCUT2D eigenvalue weighted by Gasteiger charge is -2.14. The van der Waals surface area contributed by atoms with Crippen LogP contribution in [-0.4, -0.2) is 20.7 Å². The topological polar surface area (TPSA) is 72.2 Å². The molecular weight excluding hydrogens is 337 g/mol. The average Bonchev–Trinajstić information content (AvgIpc) is 2.18. The van der Waals surface area contributed by atoms with E-state index in [1.54, 1.807) is 0 Å². The van der Waals surface area contributed by atoms with Crippen LogP contribution in [0.4, 0.5) is 18.9 Å². The first kappa shape index (κ1) is 15.3. The maximum Gasteiger partial charge on any atom is 0.418 e. The van der Waals surface area contributed by atoms with E-state index in [1.165, 1.54) is 6.07 Å². The molecule has 9 heteroatoms. The zero-order valence-corrected chi connectivity index (χ0v) is 11.4. The number of nitrogens with one attached hydrogen (secondary N) is 1. The van der Waals surface area contributed by atoms with Gasteiger partial charge in [-0.1, -0.05) is 15.9 Å². The third-order valence-corrected chi connectivity index (χ3v) is 3.74. The Balaban J connectivity index is 3.18. The molecule has 0 heterocycles. The second-order valence-electron chi connectivity index (χ2n) is 3.40. The van der Waals surface area contributed by atoms with E-state index in [0.717, 1.165) is 12.1 Å². The number of rotatable bonds is 4. The van der Waals surface area contributed by atoms with Crippen molar-refractivity contribution in [2.24, 2.45) is 5.73 Å². The molecule has 102 valence electrons. The molecule has 0 aliphatic carbocycles. The highest BCUT2D eigenvalue weighted by molar-refractivity contribution is 9.10. The van der Waals surface area contributed by atoms with Crippen molar-refractivity contribution >= 4 is 31.6 Å². The Morgan fingerprint density at radius 1 is 1.33 bits per heavy atom. The maximum absolute atomic E-state index is 12.7. The summed E-state index contributed by atoms with van der Waals surface area (Å²) in [5, 5.41) is 0. The zero-order valence-electron chi connectivity index (χ0n) is 8.96. The molecule has 0 saturated heterocycles. The summed E-state index contributed by atoms with van der Waals surface area (Å²) in [7, 11) is -3.87. The Morgan fingerprint density at radius 3 is 2.44 bits per heavy atom. The van der Waals surface area contributed by atoms with Crippen molar-refractivity contribution in [2.75, 3.05) is 17.0 Å². The van der Waals surface area contributed by atoms with Crippen LogP contribution in [0.5, 0.6) is 0 Å². The predicted octanol–water partition coefficient (Wildman–Crippen LogP) is 2.17. The Bertz CT molecular complexity index is 531. The van der Waals surface area contributed by atoms with Crippen molar-refractivity contribution < 1.29 is 21.6 Å². The standard InChI is InChI=1S/C9H10BrF3N2O2S/c10-6-1-2-8(7(5-6)9(11,12)13)15-18(16,17)4-3-14/h1-2,5,15H,3-4,14H2. The first-order chi connectivity index (χ1) is 8.15. The molecule has 1 rings (SSSR count). The van der Waals surface area contributed by atoms with Crippen molar-refractivity contribution in [3.05, 3.63) is 28.2 Å². The van der Waals surface area contributed by atoms with Crippen LogP contribution in [0, 0.1) is 0 Å². The van der Waals surface area contributed by atoms with E-state index < -0.39 is 33.2 Å². The highest BCUT2D eigenvalue weighted by Crippen LogP contribution is 2.36. The van der Waals surface area contributed by atoms with Crippen molar-refractivity contribution in [3.63, 3.8) is 0 Å². The third kappa shape index (κ3) is 4.14. The highest BCUT2D eigenvalue weighted by Gasteiger charge is 2.34. The molecule has 0 aliphatic rings. The van der Waals surface area contributed by atoms with E-state index in [1.807, 2.05) is 4.72 Å². The first-order valence-corrected chi connectivity index (χ1v) is 7.17.